The molecule has 0 aromatic heterocycles. The Balaban J connectivity index is 2.33. The number of amides is 1. The molecule has 0 bridgehead atoms. The molecule has 3 N–H and O–H groups in total. The van der Waals surface area contributed by atoms with E-state index in [1.807, 2.05) is 13.8 Å². The van der Waals surface area contributed by atoms with Gasteiger partial charge < -0.3 is 15.5 Å². The molecule has 2 aromatic rings. The molecule has 0 saturated carbocycles. The van der Waals surface area contributed by atoms with Gasteiger partial charge in [0.1, 0.15) is 11.9 Å². The smallest absolute Gasteiger partial charge is 0.224 e. The second-order valence-corrected chi connectivity index (χ2v) is 8.91. The van der Waals surface area contributed by atoms with E-state index in [-0.39, 0.29) is 24.4 Å². The van der Waals surface area contributed by atoms with Crippen molar-refractivity contribution in [3.05, 3.63) is 68.4 Å². The predicted octanol–water partition coefficient (Wildman–Crippen LogP) is 4.77. The molecule has 4 nitrogen and oxygen atoms in total. The molecule has 0 saturated heterocycles. The van der Waals surface area contributed by atoms with E-state index in [2.05, 4.69) is 5.32 Å². The van der Waals surface area contributed by atoms with Crippen molar-refractivity contribution < 1.29 is 19.4 Å². The van der Waals surface area contributed by atoms with Gasteiger partial charge in [-0.1, -0.05) is 43.1 Å². The van der Waals surface area contributed by atoms with E-state index < -0.39 is 23.4 Å². The highest BCUT2D eigenvalue weighted by Crippen LogP contribution is 2.37. The van der Waals surface area contributed by atoms with Gasteiger partial charge in [-0.3, -0.25) is 4.79 Å². The number of carbonyl (C=O) groups is 1. The SMILES string of the molecule is CC(C)c1cc(Cl)cc(Cl)c1C(O)c1ccc(F)c(CC(=O)NCC(C)(C)O)c1. The molecule has 0 radical (unpaired) electrons. The van der Waals surface area contributed by atoms with Crippen molar-refractivity contribution in [3.63, 3.8) is 0 Å². The minimum atomic E-state index is -1.10. The Morgan fingerprint density at radius 1 is 1.21 bits per heavy atom. The van der Waals surface area contributed by atoms with Gasteiger partial charge in [-0.25, -0.2) is 4.39 Å². The molecule has 7 heteroatoms. The molecule has 1 atom stereocenters. The van der Waals surface area contributed by atoms with Gasteiger partial charge in [0.05, 0.1) is 12.0 Å². The minimum Gasteiger partial charge on any atom is -0.389 e. The summed E-state index contributed by atoms with van der Waals surface area (Å²) in [5.41, 5.74) is 0.804. The summed E-state index contributed by atoms with van der Waals surface area (Å²) in [6.45, 7) is 7.09. The van der Waals surface area contributed by atoms with Crippen LogP contribution < -0.4 is 5.32 Å². The maximum absolute atomic E-state index is 14.3. The zero-order valence-corrected chi connectivity index (χ0v) is 18.4. The second-order valence-electron chi connectivity index (χ2n) is 8.06. The molecule has 1 amide bonds. The fourth-order valence-electron chi connectivity index (χ4n) is 2.99. The van der Waals surface area contributed by atoms with E-state index in [0.29, 0.717) is 21.2 Å². The average Bonchev–Trinajstić information content (AvgIpc) is 2.60. The molecular formula is C22H26Cl2FNO3. The summed E-state index contributed by atoms with van der Waals surface area (Å²) in [6.07, 6.45) is -1.32. The summed E-state index contributed by atoms with van der Waals surface area (Å²) in [4.78, 5) is 12.1. The number of aliphatic hydroxyl groups excluding tert-OH is 1. The number of nitrogens with one attached hydrogen (secondary N) is 1. The lowest BCUT2D eigenvalue weighted by atomic mass is 9.90. The molecule has 0 aliphatic rings. The molecule has 29 heavy (non-hydrogen) atoms. The highest BCUT2D eigenvalue weighted by molar-refractivity contribution is 6.35. The van der Waals surface area contributed by atoms with E-state index in [0.717, 1.165) is 5.56 Å². The lowest BCUT2D eigenvalue weighted by molar-refractivity contribution is -0.121. The highest BCUT2D eigenvalue weighted by atomic mass is 35.5. The summed E-state index contributed by atoms with van der Waals surface area (Å²) in [6, 6.07) is 7.45. The van der Waals surface area contributed by atoms with Crippen molar-refractivity contribution in [2.75, 3.05) is 6.54 Å². The number of benzene rings is 2. The van der Waals surface area contributed by atoms with Crippen molar-refractivity contribution >= 4 is 29.1 Å². The molecule has 0 fully saturated rings. The Bertz CT molecular complexity index is 894. The molecule has 158 valence electrons. The van der Waals surface area contributed by atoms with Crippen LogP contribution >= 0.6 is 23.2 Å². The van der Waals surface area contributed by atoms with Gasteiger partial charge in [0.25, 0.3) is 0 Å². The van der Waals surface area contributed by atoms with Gasteiger partial charge in [0, 0.05) is 22.2 Å². The number of aliphatic hydroxyl groups is 2. The van der Waals surface area contributed by atoms with Crippen LogP contribution in [0.1, 0.15) is 62.0 Å². The number of hydrogen-bond acceptors (Lipinski definition) is 3. The Morgan fingerprint density at radius 2 is 1.86 bits per heavy atom. The molecular weight excluding hydrogens is 416 g/mol. The van der Waals surface area contributed by atoms with Crippen LogP contribution in [-0.4, -0.2) is 28.3 Å². The molecule has 0 aliphatic carbocycles. The van der Waals surface area contributed by atoms with Crippen LogP contribution in [0.15, 0.2) is 30.3 Å². The van der Waals surface area contributed by atoms with Crippen molar-refractivity contribution in [1.29, 1.82) is 0 Å². The quantitative estimate of drug-likeness (QED) is 0.579. The standard InChI is InChI=1S/C22H26Cl2FNO3/c1-12(2)16-9-15(23)10-17(24)20(16)21(28)13-5-6-18(25)14(7-13)8-19(27)26-11-22(3,4)29/h5-7,9-10,12,21,28-29H,8,11H2,1-4H3,(H,26,27). The highest BCUT2D eigenvalue weighted by Gasteiger charge is 2.22. The van der Waals surface area contributed by atoms with Gasteiger partial charge in [-0.15, -0.1) is 0 Å². The summed E-state index contributed by atoms with van der Waals surface area (Å²) in [5.74, 6) is -0.918. The summed E-state index contributed by atoms with van der Waals surface area (Å²) >= 11 is 12.5. The molecule has 1 unspecified atom stereocenters. The molecule has 2 rings (SSSR count). The zero-order chi connectivity index (χ0) is 21.9. The molecule has 0 spiro atoms. The normalized spacial score (nSPS) is 12.9. The van der Waals surface area contributed by atoms with Gasteiger partial charge in [0.2, 0.25) is 5.91 Å². The fraction of sp³-hybridized carbons (Fsp3) is 0.409. The summed E-state index contributed by atoms with van der Waals surface area (Å²) in [7, 11) is 0. The lowest BCUT2D eigenvalue weighted by Gasteiger charge is -2.21. The van der Waals surface area contributed by atoms with Crippen molar-refractivity contribution in [3.8, 4) is 0 Å². The first-order chi connectivity index (χ1) is 13.4. The monoisotopic (exact) mass is 441 g/mol. The van der Waals surface area contributed by atoms with E-state index in [1.165, 1.54) is 18.2 Å². The molecule has 0 aliphatic heterocycles. The Labute approximate surface area is 180 Å². The van der Waals surface area contributed by atoms with E-state index in [1.54, 1.807) is 26.0 Å². The van der Waals surface area contributed by atoms with Crippen LogP contribution in [-0.2, 0) is 11.2 Å². The van der Waals surface area contributed by atoms with Crippen LogP contribution in [0.25, 0.3) is 0 Å². The number of hydrogen-bond donors (Lipinski definition) is 3. The lowest BCUT2D eigenvalue weighted by Crippen LogP contribution is -2.38. The maximum Gasteiger partial charge on any atom is 0.224 e. The first-order valence-electron chi connectivity index (χ1n) is 9.33. The zero-order valence-electron chi connectivity index (χ0n) is 16.9. The Morgan fingerprint density at radius 3 is 2.45 bits per heavy atom. The summed E-state index contributed by atoms with van der Waals surface area (Å²) < 4.78 is 14.3. The minimum absolute atomic E-state index is 0.0495. The first kappa shape index (κ1) is 23.6. The topological polar surface area (TPSA) is 69.6 Å². The Kier molecular flexibility index (Phi) is 7.68. The van der Waals surface area contributed by atoms with Crippen molar-refractivity contribution in [2.45, 2.75) is 51.7 Å². The number of rotatable bonds is 7. The van der Waals surface area contributed by atoms with Crippen LogP contribution in [0.2, 0.25) is 10.0 Å². The predicted molar refractivity (Wildman–Crippen MR) is 114 cm³/mol. The first-order valence-corrected chi connectivity index (χ1v) is 10.1. The third-order valence-corrected chi connectivity index (χ3v) is 5.01. The van der Waals surface area contributed by atoms with Gasteiger partial charge in [-0.05, 0) is 60.7 Å². The van der Waals surface area contributed by atoms with Crippen LogP contribution in [0, 0.1) is 5.82 Å². The molecule has 2 aromatic carbocycles. The van der Waals surface area contributed by atoms with E-state index in [4.69, 9.17) is 23.2 Å². The van der Waals surface area contributed by atoms with E-state index in [9.17, 15) is 19.4 Å². The Hall–Kier alpha value is -1.66. The van der Waals surface area contributed by atoms with Gasteiger partial charge in [-0.2, -0.15) is 0 Å². The van der Waals surface area contributed by atoms with Crippen molar-refractivity contribution in [2.24, 2.45) is 0 Å². The largest absolute Gasteiger partial charge is 0.389 e. The molecule has 0 heterocycles. The van der Waals surface area contributed by atoms with Crippen molar-refractivity contribution in [1.82, 2.24) is 5.32 Å². The second kappa shape index (κ2) is 9.43. The number of halogens is 3. The van der Waals surface area contributed by atoms with Crippen LogP contribution in [0.3, 0.4) is 0 Å². The van der Waals surface area contributed by atoms with Gasteiger partial charge >= 0.3 is 0 Å². The fourth-order valence-corrected chi connectivity index (χ4v) is 3.60. The third-order valence-electron chi connectivity index (χ3n) is 4.48. The maximum atomic E-state index is 14.3. The average molecular weight is 442 g/mol. The van der Waals surface area contributed by atoms with Crippen LogP contribution in [0.5, 0.6) is 0 Å². The summed E-state index contributed by atoms with van der Waals surface area (Å²) in [5, 5.41) is 24.0. The van der Waals surface area contributed by atoms with Crippen LogP contribution in [0.4, 0.5) is 4.39 Å². The van der Waals surface area contributed by atoms with E-state index >= 15 is 0 Å². The van der Waals surface area contributed by atoms with Gasteiger partial charge in [0.15, 0.2) is 0 Å². The number of carbonyl (C=O) groups excluding carboxylic acids is 1. The third kappa shape index (κ3) is 6.41.